The van der Waals surface area contributed by atoms with Crippen molar-refractivity contribution in [1.82, 2.24) is 0 Å². The van der Waals surface area contributed by atoms with Gasteiger partial charge in [0, 0.05) is 6.54 Å². The molecule has 1 aliphatic carbocycles. The molecule has 6 heteroatoms. The van der Waals surface area contributed by atoms with E-state index in [1.807, 2.05) is 13.0 Å². The molecule has 5 nitrogen and oxygen atoms in total. The minimum Gasteiger partial charge on any atom is -0.393 e. The summed E-state index contributed by atoms with van der Waals surface area (Å²) in [4.78, 5) is 0.159. The molecule has 0 amide bonds. The smallest absolute Gasteiger partial charge is 0.240 e. The van der Waals surface area contributed by atoms with E-state index in [0.29, 0.717) is 12.2 Å². The molecule has 0 saturated heterocycles. The van der Waals surface area contributed by atoms with Crippen molar-refractivity contribution in [3.05, 3.63) is 23.8 Å². The van der Waals surface area contributed by atoms with E-state index in [2.05, 4.69) is 5.32 Å². The molecular formula is C15H24N2O3S. The van der Waals surface area contributed by atoms with Crippen LogP contribution in [0.15, 0.2) is 23.1 Å². The number of rotatable bonds is 4. The maximum absolute atomic E-state index is 11.8. The molecule has 1 saturated carbocycles. The second-order valence-electron chi connectivity index (χ2n) is 5.65. The molecule has 0 spiro atoms. The Morgan fingerprint density at radius 2 is 2.05 bits per heavy atom. The van der Waals surface area contributed by atoms with Crippen LogP contribution in [-0.4, -0.2) is 26.2 Å². The fourth-order valence-corrected chi connectivity index (χ4v) is 3.83. The van der Waals surface area contributed by atoms with Crippen LogP contribution in [0.1, 0.15) is 50.5 Å². The maximum atomic E-state index is 11.8. The molecule has 1 aromatic carbocycles. The number of para-hydroxylation sites is 1. The fourth-order valence-electron chi connectivity index (χ4n) is 3.08. The van der Waals surface area contributed by atoms with Crippen molar-refractivity contribution in [2.24, 2.45) is 5.14 Å². The van der Waals surface area contributed by atoms with Crippen LogP contribution in [0, 0.1) is 0 Å². The molecule has 2 rings (SSSR count). The molecule has 21 heavy (non-hydrogen) atoms. The van der Waals surface area contributed by atoms with Gasteiger partial charge in [-0.05, 0) is 50.2 Å². The first-order chi connectivity index (χ1) is 9.93. The second kappa shape index (κ2) is 6.77. The highest BCUT2D eigenvalue weighted by molar-refractivity contribution is 7.89. The number of anilines is 1. The first-order valence-electron chi connectivity index (χ1n) is 7.51. The number of nitrogens with two attached hydrogens (primary N) is 1. The van der Waals surface area contributed by atoms with Gasteiger partial charge in [0.05, 0.1) is 11.8 Å². The number of benzene rings is 1. The van der Waals surface area contributed by atoms with Crippen LogP contribution < -0.4 is 10.5 Å². The molecule has 0 aliphatic heterocycles. The van der Waals surface area contributed by atoms with Crippen molar-refractivity contribution in [2.75, 3.05) is 11.9 Å². The van der Waals surface area contributed by atoms with Crippen molar-refractivity contribution in [3.63, 3.8) is 0 Å². The van der Waals surface area contributed by atoms with Crippen LogP contribution in [0.4, 0.5) is 5.69 Å². The Hall–Kier alpha value is -1.11. The molecule has 0 bridgehead atoms. The summed E-state index contributed by atoms with van der Waals surface area (Å²) in [5, 5.41) is 18.3. The van der Waals surface area contributed by atoms with E-state index in [1.165, 1.54) is 0 Å². The maximum Gasteiger partial charge on any atom is 0.240 e. The normalized spacial score (nSPS) is 23.6. The molecule has 2 atom stereocenters. The average molecular weight is 312 g/mol. The monoisotopic (exact) mass is 312 g/mol. The molecule has 1 fully saturated rings. The minimum atomic E-state index is -3.75. The Bertz CT molecular complexity index is 587. The van der Waals surface area contributed by atoms with E-state index in [1.54, 1.807) is 12.1 Å². The molecule has 1 aromatic rings. The standard InChI is InChI=1S/C15H24N2O3S/c1-2-17-15-13(7-4-8-14(15)21(16,19)20)11-5-3-6-12(18)10-9-11/h4,7-8,11-12,17-18H,2-3,5-6,9-10H2,1H3,(H2,16,19,20). The van der Waals surface area contributed by atoms with Gasteiger partial charge in [-0.3, -0.25) is 0 Å². The number of sulfonamides is 1. The van der Waals surface area contributed by atoms with Gasteiger partial charge in [-0.1, -0.05) is 18.6 Å². The molecular weight excluding hydrogens is 288 g/mol. The average Bonchev–Trinajstić information content (AvgIpc) is 2.63. The van der Waals surface area contributed by atoms with E-state index in [-0.39, 0.29) is 16.9 Å². The second-order valence-corrected chi connectivity index (χ2v) is 7.18. The third-order valence-corrected chi connectivity index (χ3v) is 5.05. The van der Waals surface area contributed by atoms with Gasteiger partial charge in [-0.2, -0.15) is 0 Å². The van der Waals surface area contributed by atoms with Gasteiger partial charge in [-0.15, -0.1) is 0 Å². The van der Waals surface area contributed by atoms with Gasteiger partial charge >= 0.3 is 0 Å². The van der Waals surface area contributed by atoms with E-state index in [4.69, 9.17) is 5.14 Å². The summed E-state index contributed by atoms with van der Waals surface area (Å²) in [6, 6.07) is 5.26. The molecule has 1 aliphatic rings. The molecule has 2 unspecified atom stereocenters. The Morgan fingerprint density at radius 1 is 1.29 bits per heavy atom. The number of aliphatic hydroxyl groups is 1. The lowest BCUT2D eigenvalue weighted by molar-refractivity contribution is 0.157. The van der Waals surface area contributed by atoms with Gasteiger partial charge in [-0.25, -0.2) is 13.6 Å². The van der Waals surface area contributed by atoms with Crippen molar-refractivity contribution in [3.8, 4) is 0 Å². The van der Waals surface area contributed by atoms with Crippen LogP contribution in [0.5, 0.6) is 0 Å². The van der Waals surface area contributed by atoms with Crippen molar-refractivity contribution in [2.45, 2.75) is 55.9 Å². The Morgan fingerprint density at radius 3 is 2.71 bits per heavy atom. The van der Waals surface area contributed by atoms with E-state index < -0.39 is 10.0 Å². The lowest BCUT2D eigenvalue weighted by atomic mass is 9.90. The summed E-state index contributed by atoms with van der Waals surface area (Å²) in [7, 11) is -3.75. The highest BCUT2D eigenvalue weighted by Crippen LogP contribution is 2.38. The zero-order chi connectivity index (χ0) is 15.5. The number of hydrogen-bond acceptors (Lipinski definition) is 4. The molecule has 0 aromatic heterocycles. The number of nitrogens with one attached hydrogen (secondary N) is 1. The third kappa shape index (κ3) is 3.96. The number of primary sulfonamides is 1. The van der Waals surface area contributed by atoms with Gasteiger partial charge in [0.25, 0.3) is 0 Å². The van der Waals surface area contributed by atoms with Crippen LogP contribution in [0.2, 0.25) is 0 Å². The number of hydrogen-bond donors (Lipinski definition) is 3. The van der Waals surface area contributed by atoms with E-state index >= 15 is 0 Å². The highest BCUT2D eigenvalue weighted by Gasteiger charge is 2.24. The first-order valence-corrected chi connectivity index (χ1v) is 9.05. The topological polar surface area (TPSA) is 92.4 Å². The first kappa shape index (κ1) is 16.3. The summed E-state index contributed by atoms with van der Waals surface area (Å²) < 4.78 is 23.6. The Kier molecular flexibility index (Phi) is 5.24. The summed E-state index contributed by atoms with van der Waals surface area (Å²) in [6.45, 7) is 2.56. The summed E-state index contributed by atoms with van der Waals surface area (Å²) in [5.41, 5.74) is 1.63. The molecule has 118 valence electrons. The molecule has 0 radical (unpaired) electrons. The quantitative estimate of drug-likeness (QED) is 0.743. The van der Waals surface area contributed by atoms with Gasteiger partial charge in [0.15, 0.2) is 0 Å². The lowest BCUT2D eigenvalue weighted by Gasteiger charge is -2.21. The lowest BCUT2D eigenvalue weighted by Crippen LogP contribution is -2.17. The summed E-state index contributed by atoms with van der Waals surface area (Å²) >= 11 is 0. The van der Waals surface area contributed by atoms with Crippen LogP contribution >= 0.6 is 0 Å². The van der Waals surface area contributed by atoms with Gasteiger partial charge in [0.1, 0.15) is 4.90 Å². The zero-order valence-corrected chi connectivity index (χ0v) is 13.2. The van der Waals surface area contributed by atoms with E-state index in [0.717, 1.165) is 37.7 Å². The van der Waals surface area contributed by atoms with Gasteiger partial charge < -0.3 is 10.4 Å². The van der Waals surface area contributed by atoms with E-state index in [9.17, 15) is 13.5 Å². The summed E-state index contributed by atoms with van der Waals surface area (Å²) in [6.07, 6.45) is 4.13. The largest absolute Gasteiger partial charge is 0.393 e. The molecule has 4 N–H and O–H groups in total. The van der Waals surface area contributed by atoms with Crippen LogP contribution in [0.25, 0.3) is 0 Å². The van der Waals surface area contributed by atoms with Crippen molar-refractivity contribution < 1.29 is 13.5 Å². The van der Waals surface area contributed by atoms with Crippen molar-refractivity contribution >= 4 is 15.7 Å². The number of aliphatic hydroxyl groups excluding tert-OH is 1. The zero-order valence-electron chi connectivity index (χ0n) is 12.4. The fraction of sp³-hybridized carbons (Fsp3) is 0.600. The van der Waals surface area contributed by atoms with Crippen LogP contribution in [-0.2, 0) is 10.0 Å². The highest BCUT2D eigenvalue weighted by atomic mass is 32.2. The van der Waals surface area contributed by atoms with Gasteiger partial charge in [0.2, 0.25) is 10.0 Å². The third-order valence-electron chi connectivity index (χ3n) is 4.10. The SMILES string of the molecule is CCNc1c(C2CCCC(O)CC2)cccc1S(N)(=O)=O. The Balaban J connectivity index is 2.42. The predicted octanol–water partition coefficient (Wildman–Crippen LogP) is 2.17. The molecule has 0 heterocycles. The minimum absolute atomic E-state index is 0.159. The Labute approximate surface area is 126 Å². The van der Waals surface area contributed by atoms with Crippen molar-refractivity contribution in [1.29, 1.82) is 0 Å². The predicted molar refractivity (Wildman–Crippen MR) is 83.8 cm³/mol. The van der Waals surface area contributed by atoms with Crippen LogP contribution in [0.3, 0.4) is 0 Å². The summed E-state index contributed by atoms with van der Waals surface area (Å²) in [5.74, 6) is 0.262.